The minimum absolute atomic E-state index is 0.0551. The standard InChI is InChI=1S/C27H12Cl2N4O3/c28-20-10-17-18(11-21(20)29)24(35)19(23(17)34)12-22-31-27-25(33(22)16-4-2-1-3-5-16)32-26(36-27)15-8-6-14(13-30)7-9-15/h1-12H. The van der Waals surface area contributed by atoms with Gasteiger partial charge in [-0.05, 0) is 54.6 Å². The predicted molar refractivity (Wildman–Crippen MR) is 134 cm³/mol. The number of benzene rings is 3. The summed E-state index contributed by atoms with van der Waals surface area (Å²) in [7, 11) is 0. The number of nitriles is 1. The van der Waals surface area contributed by atoms with Crippen LogP contribution in [-0.4, -0.2) is 26.1 Å². The van der Waals surface area contributed by atoms with Crippen LogP contribution in [0.5, 0.6) is 0 Å². The number of ketones is 2. The number of oxazole rings is 1. The highest BCUT2D eigenvalue weighted by Gasteiger charge is 2.35. The normalized spacial score (nSPS) is 12.8. The van der Waals surface area contributed by atoms with Gasteiger partial charge in [0.1, 0.15) is 5.82 Å². The largest absolute Gasteiger partial charge is 0.416 e. The first-order valence-electron chi connectivity index (χ1n) is 10.7. The zero-order valence-electron chi connectivity index (χ0n) is 18.2. The minimum atomic E-state index is -0.459. The Hall–Kier alpha value is -4.51. The van der Waals surface area contributed by atoms with Crippen molar-refractivity contribution in [3.8, 4) is 23.2 Å². The summed E-state index contributed by atoms with van der Waals surface area (Å²) in [6, 6.07) is 21.0. The number of halogens is 2. The summed E-state index contributed by atoms with van der Waals surface area (Å²) in [6.07, 6.45) is 1.43. The Morgan fingerprint density at radius 1 is 0.889 bits per heavy atom. The molecule has 7 nitrogen and oxygen atoms in total. The highest BCUT2D eigenvalue weighted by molar-refractivity contribution is 6.46. The van der Waals surface area contributed by atoms with Crippen LogP contribution in [0.3, 0.4) is 0 Å². The number of rotatable bonds is 3. The van der Waals surface area contributed by atoms with Gasteiger partial charge in [-0.2, -0.15) is 15.2 Å². The van der Waals surface area contributed by atoms with E-state index < -0.39 is 11.6 Å². The van der Waals surface area contributed by atoms with Gasteiger partial charge in [0.05, 0.1) is 27.3 Å². The number of hydrogen-bond acceptors (Lipinski definition) is 6. The molecule has 36 heavy (non-hydrogen) atoms. The second-order valence-corrected chi connectivity index (χ2v) is 8.82. The monoisotopic (exact) mass is 510 g/mol. The quantitative estimate of drug-likeness (QED) is 0.208. The Morgan fingerprint density at radius 2 is 1.53 bits per heavy atom. The van der Waals surface area contributed by atoms with E-state index in [1.165, 1.54) is 18.2 Å². The zero-order chi connectivity index (χ0) is 25.0. The van der Waals surface area contributed by atoms with Gasteiger partial charge in [0.15, 0.2) is 11.6 Å². The van der Waals surface area contributed by atoms with Crippen LogP contribution in [-0.2, 0) is 0 Å². The van der Waals surface area contributed by atoms with Crippen LogP contribution < -0.4 is 0 Å². The van der Waals surface area contributed by atoms with Crippen molar-refractivity contribution >= 4 is 52.2 Å². The molecule has 0 aliphatic heterocycles. The molecule has 3 aromatic carbocycles. The van der Waals surface area contributed by atoms with Crippen LogP contribution in [0.2, 0.25) is 10.0 Å². The number of nitrogens with zero attached hydrogens (tertiary/aromatic N) is 4. The molecule has 0 atom stereocenters. The van der Waals surface area contributed by atoms with Crippen LogP contribution in [0, 0.1) is 11.3 Å². The van der Waals surface area contributed by atoms with Gasteiger partial charge < -0.3 is 4.42 Å². The number of imidazole rings is 1. The maximum absolute atomic E-state index is 13.1. The van der Waals surface area contributed by atoms with Gasteiger partial charge in [0.25, 0.3) is 5.71 Å². The lowest BCUT2D eigenvalue weighted by atomic mass is 10.1. The van der Waals surface area contributed by atoms with E-state index in [0.29, 0.717) is 34.2 Å². The second kappa shape index (κ2) is 8.31. The van der Waals surface area contributed by atoms with Crippen LogP contribution in [0.15, 0.2) is 76.7 Å². The molecule has 172 valence electrons. The second-order valence-electron chi connectivity index (χ2n) is 8.01. The van der Waals surface area contributed by atoms with Crippen LogP contribution >= 0.6 is 23.2 Å². The molecule has 0 saturated heterocycles. The van der Waals surface area contributed by atoms with Crippen molar-refractivity contribution < 1.29 is 14.0 Å². The van der Waals surface area contributed by atoms with Crippen LogP contribution in [0.4, 0.5) is 0 Å². The molecule has 5 aromatic rings. The van der Waals surface area contributed by atoms with Crippen molar-refractivity contribution in [2.24, 2.45) is 0 Å². The third-order valence-corrected chi connectivity index (χ3v) is 6.56. The van der Waals surface area contributed by atoms with E-state index in [4.69, 9.17) is 32.9 Å². The molecule has 0 radical (unpaired) electrons. The van der Waals surface area contributed by atoms with E-state index in [1.54, 1.807) is 28.8 Å². The van der Waals surface area contributed by atoms with Gasteiger partial charge >= 0.3 is 0 Å². The molecule has 0 N–H and O–H groups in total. The summed E-state index contributed by atoms with van der Waals surface area (Å²) in [6.45, 7) is 0. The fourth-order valence-electron chi connectivity index (χ4n) is 4.10. The van der Waals surface area contributed by atoms with Crippen LogP contribution in [0.1, 0.15) is 32.1 Å². The first-order valence-corrected chi connectivity index (χ1v) is 11.5. The van der Waals surface area contributed by atoms with Crippen molar-refractivity contribution in [3.63, 3.8) is 0 Å². The lowest BCUT2D eigenvalue weighted by molar-refractivity contribution is 0.0990. The van der Waals surface area contributed by atoms with E-state index >= 15 is 0 Å². The first-order chi connectivity index (χ1) is 17.4. The highest BCUT2D eigenvalue weighted by atomic mass is 35.5. The summed E-state index contributed by atoms with van der Waals surface area (Å²) in [4.78, 5) is 35.3. The van der Waals surface area contributed by atoms with Crippen molar-refractivity contribution in [2.75, 3.05) is 0 Å². The van der Waals surface area contributed by atoms with Gasteiger partial charge in [-0.3, -0.25) is 14.2 Å². The summed E-state index contributed by atoms with van der Waals surface area (Å²) in [5, 5.41) is 9.43. The van der Waals surface area contributed by atoms with E-state index in [9.17, 15) is 9.59 Å². The number of hydrogen-bond donors (Lipinski definition) is 0. The molecule has 0 bridgehead atoms. The zero-order valence-corrected chi connectivity index (χ0v) is 19.7. The number of carbonyl (C=O) groups is 2. The molecule has 0 unspecified atom stereocenters. The number of Topliss-reactive ketones (excluding diaryl/α,β-unsaturated/α-hetero) is 2. The summed E-state index contributed by atoms with van der Waals surface area (Å²) < 4.78 is 7.63. The highest BCUT2D eigenvalue weighted by Crippen LogP contribution is 2.35. The summed E-state index contributed by atoms with van der Waals surface area (Å²) in [5.41, 5.74) is 2.89. The minimum Gasteiger partial charge on any atom is -0.416 e. The fourth-order valence-corrected chi connectivity index (χ4v) is 4.43. The third-order valence-electron chi connectivity index (χ3n) is 5.84. The van der Waals surface area contributed by atoms with Gasteiger partial charge in [0.2, 0.25) is 11.5 Å². The molecule has 6 rings (SSSR count). The average Bonchev–Trinajstić information content (AvgIpc) is 3.52. The maximum Gasteiger partial charge on any atom is 0.267 e. The topological polar surface area (TPSA) is 102 Å². The maximum atomic E-state index is 13.1. The number of allylic oxidation sites excluding steroid dienone is 1. The van der Waals surface area contributed by atoms with Gasteiger partial charge in [0, 0.05) is 22.4 Å². The molecule has 0 spiro atoms. The molecule has 0 saturated carbocycles. The van der Waals surface area contributed by atoms with Crippen molar-refractivity contribution in [3.05, 3.63) is 105 Å². The van der Waals surface area contributed by atoms with Crippen molar-refractivity contribution in [1.29, 1.82) is 5.26 Å². The first kappa shape index (κ1) is 22.0. The van der Waals surface area contributed by atoms with E-state index in [2.05, 4.69) is 16.0 Å². The smallest absolute Gasteiger partial charge is 0.267 e. The van der Waals surface area contributed by atoms with E-state index in [1.807, 2.05) is 30.3 Å². The molecule has 9 heteroatoms. The molecule has 0 fully saturated rings. The Bertz CT molecular complexity index is 1750. The number of aromatic nitrogens is 3. The molecule has 0 amide bonds. The molecule has 2 heterocycles. The predicted octanol–water partition coefficient (Wildman–Crippen LogP) is 6.32. The van der Waals surface area contributed by atoms with E-state index in [-0.39, 0.29) is 32.5 Å². The molecule has 1 aliphatic carbocycles. The van der Waals surface area contributed by atoms with E-state index in [0.717, 1.165) is 0 Å². The number of carbonyl (C=O) groups excluding carboxylic acids is 2. The molecular weight excluding hydrogens is 499 g/mol. The average molecular weight is 511 g/mol. The van der Waals surface area contributed by atoms with Gasteiger partial charge in [-0.1, -0.05) is 41.4 Å². The van der Waals surface area contributed by atoms with Crippen LogP contribution in [0.25, 0.3) is 34.6 Å². The SMILES string of the molecule is N#Cc1ccc(-c2nc3c(nc(C=C4C(=O)c5cc(Cl)c(Cl)cc5C4=O)n3-c3ccccc3)o2)cc1. The van der Waals surface area contributed by atoms with Gasteiger partial charge in [-0.15, -0.1) is 0 Å². The fraction of sp³-hybridized carbons (Fsp3) is 0. The Labute approximate surface area is 213 Å². The number of para-hydroxylation sites is 1. The Kier molecular flexibility index (Phi) is 5.07. The molecule has 1 aliphatic rings. The lowest BCUT2D eigenvalue weighted by Crippen LogP contribution is -2.04. The van der Waals surface area contributed by atoms with Crippen molar-refractivity contribution in [1.82, 2.24) is 14.5 Å². The lowest BCUT2D eigenvalue weighted by Gasteiger charge is -2.05. The molecule has 2 aromatic heterocycles. The molecular formula is C27H12Cl2N4O3. The Morgan fingerprint density at radius 3 is 2.14 bits per heavy atom. The van der Waals surface area contributed by atoms with Gasteiger partial charge in [-0.25, -0.2) is 0 Å². The summed E-state index contributed by atoms with van der Waals surface area (Å²) >= 11 is 12.1. The van der Waals surface area contributed by atoms with Crippen molar-refractivity contribution in [2.45, 2.75) is 0 Å². The Balaban J connectivity index is 1.51. The number of fused-ring (bicyclic) bond motifs is 2. The summed E-state index contributed by atoms with van der Waals surface area (Å²) in [5.74, 6) is -0.292. The third kappa shape index (κ3) is 3.43.